The van der Waals surface area contributed by atoms with Crippen LogP contribution in [0.15, 0.2) is 23.0 Å². The molecule has 0 bridgehead atoms. The molecule has 132 valence electrons. The molecule has 0 saturated carbocycles. The molecule has 0 aliphatic heterocycles. The quantitative estimate of drug-likeness (QED) is 0.561. The molecule has 2 aromatic heterocycles. The van der Waals surface area contributed by atoms with E-state index in [1.165, 1.54) is 0 Å². The lowest BCUT2D eigenvalue weighted by molar-refractivity contribution is 0.344. The zero-order chi connectivity index (χ0) is 18.0. The number of aromatic nitrogens is 2. The molecule has 0 fully saturated rings. The van der Waals surface area contributed by atoms with E-state index in [-0.39, 0.29) is 5.56 Å². The Balaban J connectivity index is 1.58. The number of halogens is 2. The van der Waals surface area contributed by atoms with Crippen molar-refractivity contribution >= 4 is 56.5 Å². The van der Waals surface area contributed by atoms with Crippen LogP contribution in [0, 0.1) is 13.8 Å². The Labute approximate surface area is 163 Å². The van der Waals surface area contributed by atoms with E-state index in [1.807, 2.05) is 13.8 Å². The minimum absolute atomic E-state index is 0.0680. The predicted octanol–water partition coefficient (Wildman–Crippen LogP) is 5.22. The van der Waals surface area contributed by atoms with Gasteiger partial charge in [-0.15, -0.1) is 11.3 Å². The second-order valence-corrected chi connectivity index (χ2v) is 8.55. The minimum atomic E-state index is -0.0680. The number of nitrogens with zero attached hydrogens (tertiary/aromatic N) is 1. The number of aryl methyl sites for hydroxylation is 2. The Kier molecular flexibility index (Phi) is 5.94. The summed E-state index contributed by atoms with van der Waals surface area (Å²) in [6.45, 7) is 4.43. The van der Waals surface area contributed by atoms with Crippen molar-refractivity contribution in [2.45, 2.75) is 19.6 Å². The zero-order valence-corrected chi connectivity index (χ0v) is 16.8. The number of hydrogen-bond donors (Lipinski definition) is 1. The van der Waals surface area contributed by atoms with Crippen molar-refractivity contribution in [3.63, 3.8) is 0 Å². The smallest absolute Gasteiger partial charge is 0.259 e. The Morgan fingerprint density at radius 2 is 2.00 bits per heavy atom. The van der Waals surface area contributed by atoms with Gasteiger partial charge in [-0.05, 0) is 31.5 Å². The number of hydrogen-bond acceptors (Lipinski definition) is 5. The standard InChI is InChI=1S/C17H16Cl2N2O2S2/c1-9-10(2)25-17-14(9)16(22)20-13(21-17)8-24-7-6-23-15-11(18)4-3-5-12(15)19/h3-5H,6-8H2,1-2H3,(H,20,21,22). The second kappa shape index (κ2) is 7.99. The van der Waals surface area contributed by atoms with Gasteiger partial charge in [-0.25, -0.2) is 4.98 Å². The van der Waals surface area contributed by atoms with Gasteiger partial charge in [-0.3, -0.25) is 4.79 Å². The van der Waals surface area contributed by atoms with E-state index in [9.17, 15) is 4.79 Å². The third-order valence-electron chi connectivity index (χ3n) is 3.72. The van der Waals surface area contributed by atoms with Crippen LogP contribution in [0.25, 0.3) is 10.2 Å². The monoisotopic (exact) mass is 414 g/mol. The van der Waals surface area contributed by atoms with E-state index in [0.717, 1.165) is 21.0 Å². The summed E-state index contributed by atoms with van der Waals surface area (Å²) in [6, 6.07) is 5.26. The summed E-state index contributed by atoms with van der Waals surface area (Å²) in [7, 11) is 0. The van der Waals surface area contributed by atoms with Gasteiger partial charge >= 0.3 is 0 Å². The molecule has 0 aliphatic rings. The van der Waals surface area contributed by atoms with Gasteiger partial charge in [0, 0.05) is 10.6 Å². The number of thiophene rings is 1. The van der Waals surface area contributed by atoms with Crippen LogP contribution in [0.2, 0.25) is 10.0 Å². The van der Waals surface area contributed by atoms with E-state index in [2.05, 4.69) is 9.97 Å². The van der Waals surface area contributed by atoms with Gasteiger partial charge in [-0.2, -0.15) is 11.8 Å². The topological polar surface area (TPSA) is 55.0 Å². The highest BCUT2D eigenvalue weighted by Gasteiger charge is 2.12. The molecule has 1 N–H and O–H groups in total. The molecule has 0 amide bonds. The van der Waals surface area contributed by atoms with Crippen molar-refractivity contribution in [2.24, 2.45) is 0 Å². The molecule has 0 spiro atoms. The molecule has 3 rings (SSSR count). The maximum atomic E-state index is 12.2. The molecule has 4 nitrogen and oxygen atoms in total. The summed E-state index contributed by atoms with van der Waals surface area (Å²) in [6.07, 6.45) is 0. The lowest BCUT2D eigenvalue weighted by atomic mass is 10.2. The molecule has 0 radical (unpaired) electrons. The Morgan fingerprint density at radius 1 is 1.28 bits per heavy atom. The predicted molar refractivity (Wildman–Crippen MR) is 108 cm³/mol. The first-order chi connectivity index (χ1) is 12.0. The number of thioether (sulfide) groups is 1. The number of fused-ring (bicyclic) bond motifs is 1. The third kappa shape index (κ3) is 4.14. The van der Waals surface area contributed by atoms with E-state index in [4.69, 9.17) is 27.9 Å². The molecule has 0 aliphatic carbocycles. The van der Waals surface area contributed by atoms with Crippen LogP contribution in [0.5, 0.6) is 5.75 Å². The first-order valence-corrected chi connectivity index (χ1v) is 10.3. The SMILES string of the molecule is Cc1sc2nc(CSCCOc3c(Cl)cccc3Cl)[nH]c(=O)c2c1C. The molecule has 0 atom stereocenters. The number of ether oxygens (including phenoxy) is 1. The lowest BCUT2D eigenvalue weighted by Crippen LogP contribution is -2.11. The normalized spacial score (nSPS) is 11.2. The van der Waals surface area contributed by atoms with E-state index in [1.54, 1.807) is 41.3 Å². The highest BCUT2D eigenvalue weighted by molar-refractivity contribution is 7.98. The van der Waals surface area contributed by atoms with Gasteiger partial charge in [0.1, 0.15) is 10.7 Å². The lowest BCUT2D eigenvalue weighted by Gasteiger charge is -2.09. The van der Waals surface area contributed by atoms with Crippen LogP contribution in [-0.4, -0.2) is 22.3 Å². The van der Waals surface area contributed by atoms with E-state index in [0.29, 0.717) is 39.4 Å². The largest absolute Gasteiger partial charge is 0.490 e. The maximum absolute atomic E-state index is 12.2. The Morgan fingerprint density at radius 3 is 2.72 bits per heavy atom. The third-order valence-corrected chi connectivity index (χ3v) is 6.35. The fourth-order valence-corrected chi connectivity index (χ4v) is 4.59. The van der Waals surface area contributed by atoms with Crippen molar-refractivity contribution in [3.05, 3.63) is 54.9 Å². The van der Waals surface area contributed by atoms with E-state index < -0.39 is 0 Å². The average Bonchev–Trinajstić information content (AvgIpc) is 2.84. The number of nitrogens with one attached hydrogen (secondary N) is 1. The zero-order valence-electron chi connectivity index (χ0n) is 13.7. The minimum Gasteiger partial charge on any atom is -0.490 e. The van der Waals surface area contributed by atoms with Crippen molar-refractivity contribution in [2.75, 3.05) is 12.4 Å². The van der Waals surface area contributed by atoms with Gasteiger partial charge in [0.05, 0.1) is 27.8 Å². The van der Waals surface area contributed by atoms with Gasteiger partial charge in [0.15, 0.2) is 5.75 Å². The molecular formula is C17H16Cl2N2O2S2. The van der Waals surface area contributed by atoms with Crippen LogP contribution >= 0.6 is 46.3 Å². The van der Waals surface area contributed by atoms with Crippen molar-refractivity contribution in [1.29, 1.82) is 0 Å². The maximum Gasteiger partial charge on any atom is 0.259 e. The first kappa shape index (κ1) is 18.6. The summed E-state index contributed by atoms with van der Waals surface area (Å²) in [5, 5.41) is 1.70. The number of aromatic amines is 1. The fourth-order valence-electron chi connectivity index (χ4n) is 2.36. The molecule has 0 saturated heterocycles. The molecule has 8 heteroatoms. The first-order valence-electron chi connectivity index (χ1n) is 7.61. The van der Waals surface area contributed by atoms with Crippen LogP contribution in [0.1, 0.15) is 16.3 Å². The van der Waals surface area contributed by atoms with Crippen molar-refractivity contribution in [1.82, 2.24) is 9.97 Å². The molecule has 1 aromatic carbocycles. The summed E-state index contributed by atoms with van der Waals surface area (Å²) < 4.78 is 5.64. The summed E-state index contributed by atoms with van der Waals surface area (Å²) in [5.41, 5.74) is 0.944. The number of benzene rings is 1. The highest BCUT2D eigenvalue weighted by Crippen LogP contribution is 2.32. The van der Waals surface area contributed by atoms with Gasteiger partial charge in [0.2, 0.25) is 0 Å². The van der Waals surface area contributed by atoms with Crippen LogP contribution < -0.4 is 10.3 Å². The average molecular weight is 415 g/mol. The van der Waals surface area contributed by atoms with Crippen LogP contribution in [-0.2, 0) is 5.75 Å². The molecule has 3 aromatic rings. The summed E-state index contributed by atoms with van der Waals surface area (Å²) >= 11 is 15.3. The number of H-pyrrole nitrogens is 1. The second-order valence-electron chi connectivity index (χ2n) is 5.43. The van der Waals surface area contributed by atoms with Crippen molar-refractivity contribution in [3.8, 4) is 5.75 Å². The molecular weight excluding hydrogens is 399 g/mol. The summed E-state index contributed by atoms with van der Waals surface area (Å²) in [5.74, 6) is 2.52. The molecule has 2 heterocycles. The van der Waals surface area contributed by atoms with E-state index >= 15 is 0 Å². The van der Waals surface area contributed by atoms with Crippen molar-refractivity contribution < 1.29 is 4.74 Å². The fraction of sp³-hybridized carbons (Fsp3) is 0.294. The van der Waals surface area contributed by atoms with Crippen LogP contribution in [0.3, 0.4) is 0 Å². The van der Waals surface area contributed by atoms with Gasteiger partial charge in [-0.1, -0.05) is 29.3 Å². The van der Waals surface area contributed by atoms with Crippen LogP contribution in [0.4, 0.5) is 0 Å². The number of rotatable bonds is 6. The molecule has 25 heavy (non-hydrogen) atoms. The summed E-state index contributed by atoms with van der Waals surface area (Å²) in [4.78, 5) is 21.6. The molecule has 0 unspecified atom stereocenters. The van der Waals surface area contributed by atoms with Gasteiger partial charge in [0.25, 0.3) is 5.56 Å². The Bertz CT molecular complexity index is 949. The Hall–Kier alpha value is -1.21. The number of para-hydroxylation sites is 1. The highest BCUT2D eigenvalue weighted by atomic mass is 35.5. The van der Waals surface area contributed by atoms with Gasteiger partial charge < -0.3 is 9.72 Å².